The van der Waals surface area contributed by atoms with Crippen molar-refractivity contribution < 1.29 is 13.0 Å². The van der Waals surface area contributed by atoms with E-state index in [1.54, 1.807) is 12.1 Å². The quantitative estimate of drug-likeness (QED) is 0.623. The van der Waals surface area contributed by atoms with Crippen LogP contribution in [0.4, 0.5) is 0 Å². The molecule has 1 heterocycles. The molecule has 2 rings (SSSR count). The summed E-state index contributed by atoms with van der Waals surface area (Å²) in [6, 6.07) is 5.18. The van der Waals surface area contributed by atoms with Gasteiger partial charge in [-0.2, -0.15) is 0 Å². The van der Waals surface area contributed by atoms with Crippen molar-refractivity contribution in [2.75, 3.05) is 6.54 Å². The van der Waals surface area contributed by atoms with E-state index in [1.807, 2.05) is 43.2 Å². The molecule has 6 heteroatoms. The Morgan fingerprint density at radius 1 is 1.25 bits per heavy atom. The minimum atomic E-state index is -3.41. The maximum atomic E-state index is 12.1. The highest BCUT2D eigenvalue weighted by molar-refractivity contribution is 7.89. The fraction of sp³-hybridized carbons (Fsp3) is 0.357. The maximum Gasteiger partial charge on any atom is 0.241 e. The molecule has 5 nitrogen and oxygen atoms in total. The highest BCUT2D eigenvalue weighted by atomic mass is 32.2. The molecule has 1 aromatic heterocycles. The van der Waals surface area contributed by atoms with Crippen molar-refractivity contribution in [2.24, 2.45) is 0 Å². The van der Waals surface area contributed by atoms with Gasteiger partial charge in [-0.25, -0.2) is 17.7 Å². The molecule has 0 radical (unpaired) electrons. The highest BCUT2D eigenvalue weighted by Gasteiger charge is 2.13. The SMILES string of the molecule is Cc1ccc(S(=O)(=O)NCCC[n+]2cc[nH]c2)cc1C. The van der Waals surface area contributed by atoms with Crippen LogP contribution >= 0.6 is 0 Å². The number of nitrogens with one attached hydrogen (secondary N) is 2. The van der Waals surface area contributed by atoms with Gasteiger partial charge in [0.05, 0.1) is 11.4 Å². The number of nitrogens with zero attached hydrogens (tertiary/aromatic N) is 1. The van der Waals surface area contributed by atoms with Gasteiger partial charge in [0.2, 0.25) is 16.4 Å². The van der Waals surface area contributed by atoms with Crippen LogP contribution in [0.1, 0.15) is 17.5 Å². The summed E-state index contributed by atoms with van der Waals surface area (Å²) >= 11 is 0. The molecule has 0 aliphatic heterocycles. The number of imidazole rings is 1. The summed E-state index contributed by atoms with van der Waals surface area (Å²) in [5, 5.41) is 0. The van der Waals surface area contributed by atoms with Crippen molar-refractivity contribution in [1.29, 1.82) is 0 Å². The minimum absolute atomic E-state index is 0.329. The Kier molecular flexibility index (Phi) is 4.57. The Bertz CT molecular complexity index is 664. The van der Waals surface area contributed by atoms with Crippen LogP contribution in [0.3, 0.4) is 0 Å². The molecule has 20 heavy (non-hydrogen) atoms. The standard InChI is InChI=1S/C14H19N3O2S/c1-12-4-5-14(10-13(12)2)20(18,19)16-6-3-8-17-9-7-15-11-17/h4-5,7,9-11,16H,3,6,8H2,1-2H3/p+1. The molecule has 2 aromatic rings. The van der Waals surface area contributed by atoms with Crippen molar-refractivity contribution in [3.63, 3.8) is 0 Å². The van der Waals surface area contributed by atoms with Gasteiger partial charge in [-0.1, -0.05) is 6.07 Å². The molecule has 0 saturated heterocycles. The van der Waals surface area contributed by atoms with E-state index in [1.165, 1.54) is 0 Å². The first-order chi connectivity index (χ1) is 9.49. The second kappa shape index (κ2) is 6.19. The smallest absolute Gasteiger partial charge is 0.241 e. The normalized spacial score (nSPS) is 11.7. The zero-order valence-corrected chi connectivity index (χ0v) is 12.6. The second-order valence-corrected chi connectivity index (χ2v) is 6.61. The van der Waals surface area contributed by atoms with Crippen molar-refractivity contribution in [3.8, 4) is 0 Å². The zero-order valence-electron chi connectivity index (χ0n) is 11.8. The number of sulfonamides is 1. The molecule has 0 unspecified atom stereocenters. The minimum Gasteiger partial charge on any atom is -0.250 e. The number of aromatic nitrogens is 2. The van der Waals surface area contributed by atoms with Gasteiger partial charge in [-0.3, -0.25) is 4.98 Å². The summed E-state index contributed by atoms with van der Waals surface area (Å²) in [6.45, 7) is 5.08. The van der Waals surface area contributed by atoms with Crippen molar-refractivity contribution in [1.82, 2.24) is 9.71 Å². The van der Waals surface area contributed by atoms with E-state index >= 15 is 0 Å². The van der Waals surface area contributed by atoms with E-state index in [-0.39, 0.29) is 0 Å². The van der Waals surface area contributed by atoms with Crippen molar-refractivity contribution >= 4 is 10.0 Å². The lowest BCUT2D eigenvalue weighted by Gasteiger charge is -2.08. The van der Waals surface area contributed by atoms with E-state index < -0.39 is 10.0 Å². The fourth-order valence-corrected chi connectivity index (χ4v) is 3.05. The molecule has 0 spiro atoms. The lowest BCUT2D eigenvalue weighted by molar-refractivity contribution is -0.695. The van der Waals surface area contributed by atoms with Crippen LogP contribution < -0.4 is 9.29 Å². The number of hydrogen-bond donors (Lipinski definition) is 2. The van der Waals surface area contributed by atoms with Gasteiger partial charge in [0.1, 0.15) is 12.4 Å². The third kappa shape index (κ3) is 3.68. The largest absolute Gasteiger partial charge is 0.250 e. The summed E-state index contributed by atoms with van der Waals surface area (Å²) in [6.07, 6.45) is 6.33. The van der Waals surface area contributed by atoms with Gasteiger partial charge < -0.3 is 0 Å². The molecule has 108 valence electrons. The topological polar surface area (TPSA) is 65.8 Å². The first-order valence-electron chi connectivity index (χ1n) is 6.58. The van der Waals surface area contributed by atoms with Crippen LogP contribution in [0.25, 0.3) is 0 Å². The van der Waals surface area contributed by atoms with E-state index in [0.717, 1.165) is 24.1 Å². The third-order valence-electron chi connectivity index (χ3n) is 3.28. The van der Waals surface area contributed by atoms with Crippen LogP contribution in [0.5, 0.6) is 0 Å². The molecule has 0 bridgehead atoms. The predicted molar refractivity (Wildman–Crippen MR) is 76.7 cm³/mol. The monoisotopic (exact) mass is 294 g/mol. The first-order valence-corrected chi connectivity index (χ1v) is 8.06. The second-order valence-electron chi connectivity index (χ2n) is 4.85. The van der Waals surface area contributed by atoms with Gasteiger partial charge in [-0.15, -0.1) is 0 Å². The zero-order chi connectivity index (χ0) is 14.6. The van der Waals surface area contributed by atoms with Gasteiger partial charge in [0.15, 0.2) is 0 Å². The molecular formula is C14H20N3O2S+. The molecule has 0 aliphatic rings. The molecular weight excluding hydrogens is 274 g/mol. The molecule has 2 N–H and O–H groups in total. The summed E-state index contributed by atoms with van der Waals surface area (Å²) < 4.78 is 28.9. The lowest BCUT2D eigenvalue weighted by Crippen LogP contribution is -2.33. The number of aromatic amines is 1. The number of rotatable bonds is 6. The number of H-pyrrole nitrogens is 1. The summed E-state index contributed by atoms with van der Waals surface area (Å²) in [5.41, 5.74) is 2.07. The molecule has 1 aromatic carbocycles. The van der Waals surface area contributed by atoms with Crippen LogP contribution in [-0.4, -0.2) is 19.9 Å². The Hall–Kier alpha value is -1.66. The van der Waals surface area contributed by atoms with Crippen molar-refractivity contribution in [2.45, 2.75) is 31.7 Å². The summed E-state index contributed by atoms with van der Waals surface area (Å²) in [4.78, 5) is 3.28. The van der Waals surface area contributed by atoms with E-state index in [2.05, 4.69) is 9.71 Å². The Morgan fingerprint density at radius 3 is 2.70 bits per heavy atom. The van der Waals surface area contributed by atoms with Gasteiger partial charge in [-0.05, 0) is 43.5 Å². The van der Waals surface area contributed by atoms with Gasteiger partial charge in [0, 0.05) is 6.54 Å². The number of aryl methyl sites for hydroxylation is 3. The van der Waals surface area contributed by atoms with E-state index in [4.69, 9.17) is 0 Å². The number of benzene rings is 1. The van der Waals surface area contributed by atoms with Crippen LogP contribution in [0.15, 0.2) is 41.8 Å². The van der Waals surface area contributed by atoms with Crippen LogP contribution in [0.2, 0.25) is 0 Å². The molecule has 0 aliphatic carbocycles. The average molecular weight is 294 g/mol. The van der Waals surface area contributed by atoms with Gasteiger partial charge in [0.25, 0.3) is 0 Å². The van der Waals surface area contributed by atoms with Crippen LogP contribution in [0, 0.1) is 13.8 Å². The first kappa shape index (κ1) is 14.7. The van der Waals surface area contributed by atoms with Crippen molar-refractivity contribution in [3.05, 3.63) is 48.0 Å². The predicted octanol–water partition coefficient (Wildman–Crippen LogP) is 1.29. The fourth-order valence-electron chi connectivity index (χ4n) is 1.89. The van der Waals surface area contributed by atoms with Gasteiger partial charge >= 0.3 is 0 Å². The maximum absolute atomic E-state index is 12.1. The molecule has 0 atom stereocenters. The van der Waals surface area contributed by atoms with E-state index in [0.29, 0.717) is 11.4 Å². The molecule has 0 saturated carbocycles. The Balaban J connectivity index is 1.92. The molecule has 0 fully saturated rings. The Morgan fingerprint density at radius 2 is 2.05 bits per heavy atom. The number of hydrogen-bond acceptors (Lipinski definition) is 2. The van der Waals surface area contributed by atoms with E-state index in [9.17, 15) is 8.42 Å². The molecule has 0 amide bonds. The summed E-state index contributed by atoms with van der Waals surface area (Å²) in [5.74, 6) is 0. The average Bonchev–Trinajstić information content (AvgIpc) is 2.91. The van der Waals surface area contributed by atoms with Crippen LogP contribution in [-0.2, 0) is 16.6 Å². The summed E-state index contributed by atoms with van der Waals surface area (Å²) in [7, 11) is -3.41. The Labute approximate surface area is 119 Å². The lowest BCUT2D eigenvalue weighted by atomic mass is 10.1. The highest BCUT2D eigenvalue weighted by Crippen LogP contribution is 2.14. The third-order valence-corrected chi connectivity index (χ3v) is 4.74.